The molecule has 0 aromatic carbocycles. The highest BCUT2D eigenvalue weighted by Crippen LogP contribution is 2.32. The molecule has 1 atom stereocenters. The van der Waals surface area contributed by atoms with Crippen LogP contribution in [0.4, 0.5) is 0 Å². The van der Waals surface area contributed by atoms with Crippen molar-refractivity contribution in [1.82, 2.24) is 9.97 Å². The van der Waals surface area contributed by atoms with Crippen molar-refractivity contribution in [2.75, 3.05) is 13.2 Å². The highest BCUT2D eigenvalue weighted by Gasteiger charge is 2.45. The Morgan fingerprint density at radius 3 is 3.00 bits per heavy atom. The Balaban J connectivity index is 2.45. The zero-order chi connectivity index (χ0) is 10.9. The molecule has 1 N–H and O–H groups in total. The minimum atomic E-state index is -0.978. The van der Waals surface area contributed by atoms with E-state index in [4.69, 9.17) is 4.74 Å². The predicted molar refractivity (Wildman–Crippen MR) is 51.5 cm³/mol. The first kappa shape index (κ1) is 10.0. The first-order valence-corrected chi connectivity index (χ1v) is 4.76. The molecule has 1 fully saturated rings. The second kappa shape index (κ2) is 3.58. The lowest BCUT2D eigenvalue weighted by atomic mass is 9.83. The predicted octanol–water partition coefficient (Wildman–Crippen LogP) is 0.528. The summed E-state index contributed by atoms with van der Waals surface area (Å²) in [4.78, 5) is 19.4. The van der Waals surface area contributed by atoms with Gasteiger partial charge < -0.3 is 9.84 Å². The van der Waals surface area contributed by atoms with E-state index in [-0.39, 0.29) is 6.61 Å². The Kier molecular flexibility index (Phi) is 2.40. The maximum Gasteiger partial charge on any atom is 0.318 e. The normalized spacial score (nSPS) is 25.4. The summed E-state index contributed by atoms with van der Waals surface area (Å²) in [5.74, 6) is -0.293. The Hall–Kier alpha value is -1.49. The van der Waals surface area contributed by atoms with E-state index >= 15 is 0 Å². The molecule has 0 amide bonds. The Labute approximate surface area is 87.1 Å². The van der Waals surface area contributed by atoms with Crippen LogP contribution in [0.15, 0.2) is 12.3 Å². The number of carbonyl (C=O) groups is 1. The molecular formula is C10H12N2O3. The lowest BCUT2D eigenvalue weighted by Gasteiger charge is -2.21. The highest BCUT2D eigenvalue weighted by molar-refractivity contribution is 5.81. The van der Waals surface area contributed by atoms with Crippen molar-refractivity contribution in [1.29, 1.82) is 0 Å². The zero-order valence-corrected chi connectivity index (χ0v) is 8.43. The molecule has 80 valence electrons. The van der Waals surface area contributed by atoms with Gasteiger partial charge in [0.2, 0.25) is 0 Å². The molecule has 0 bridgehead atoms. The summed E-state index contributed by atoms with van der Waals surface area (Å²) in [7, 11) is 0. The molecule has 1 aromatic heterocycles. The van der Waals surface area contributed by atoms with Gasteiger partial charge in [0, 0.05) is 12.8 Å². The summed E-state index contributed by atoms with van der Waals surface area (Å²) >= 11 is 0. The van der Waals surface area contributed by atoms with Crippen LogP contribution in [0.5, 0.6) is 0 Å². The standard InChI is InChI=1S/C10H12N2O3/c1-7-11-4-2-8(12-7)10(9(13)14)3-5-15-6-10/h2,4H,3,5-6H2,1H3,(H,13,14). The summed E-state index contributed by atoms with van der Waals surface area (Å²) in [5.41, 5.74) is -0.437. The number of carboxylic acids is 1. The number of nitrogens with zero attached hydrogens (tertiary/aromatic N) is 2. The van der Waals surface area contributed by atoms with E-state index in [1.165, 1.54) is 0 Å². The Morgan fingerprint density at radius 1 is 1.67 bits per heavy atom. The second-order valence-corrected chi connectivity index (χ2v) is 3.68. The van der Waals surface area contributed by atoms with Gasteiger partial charge in [-0.2, -0.15) is 0 Å². The van der Waals surface area contributed by atoms with Crippen LogP contribution in [0.3, 0.4) is 0 Å². The molecule has 1 aromatic rings. The first-order valence-electron chi connectivity index (χ1n) is 4.76. The summed E-state index contributed by atoms with van der Waals surface area (Å²) in [6.07, 6.45) is 2.06. The van der Waals surface area contributed by atoms with Gasteiger partial charge >= 0.3 is 5.97 Å². The van der Waals surface area contributed by atoms with Crippen molar-refractivity contribution >= 4 is 5.97 Å². The van der Waals surface area contributed by atoms with Crippen LogP contribution < -0.4 is 0 Å². The largest absolute Gasteiger partial charge is 0.480 e. The SMILES string of the molecule is Cc1nccc(C2(C(=O)O)CCOC2)n1. The summed E-state index contributed by atoms with van der Waals surface area (Å²) in [6.45, 7) is 2.41. The Morgan fingerprint density at radius 2 is 2.47 bits per heavy atom. The topological polar surface area (TPSA) is 72.3 Å². The van der Waals surface area contributed by atoms with E-state index in [0.717, 1.165) is 0 Å². The molecular weight excluding hydrogens is 196 g/mol. The number of aliphatic carboxylic acids is 1. The van der Waals surface area contributed by atoms with Crippen LogP contribution in [0.2, 0.25) is 0 Å². The molecule has 2 rings (SSSR count). The third-order valence-electron chi connectivity index (χ3n) is 2.70. The van der Waals surface area contributed by atoms with Crippen LogP contribution >= 0.6 is 0 Å². The van der Waals surface area contributed by atoms with Gasteiger partial charge in [0.15, 0.2) is 0 Å². The van der Waals surface area contributed by atoms with Crippen molar-refractivity contribution in [3.8, 4) is 0 Å². The van der Waals surface area contributed by atoms with Gasteiger partial charge in [-0.15, -0.1) is 0 Å². The van der Waals surface area contributed by atoms with Gasteiger partial charge in [-0.1, -0.05) is 0 Å². The highest BCUT2D eigenvalue weighted by atomic mass is 16.5. The van der Waals surface area contributed by atoms with Gasteiger partial charge in [-0.3, -0.25) is 4.79 Å². The van der Waals surface area contributed by atoms with E-state index in [9.17, 15) is 9.90 Å². The fraction of sp³-hybridized carbons (Fsp3) is 0.500. The number of hydrogen-bond acceptors (Lipinski definition) is 4. The number of aryl methyl sites for hydroxylation is 1. The van der Waals surface area contributed by atoms with E-state index in [1.54, 1.807) is 19.2 Å². The lowest BCUT2D eigenvalue weighted by molar-refractivity contribution is -0.144. The molecule has 5 heteroatoms. The molecule has 2 heterocycles. The monoisotopic (exact) mass is 208 g/mol. The zero-order valence-electron chi connectivity index (χ0n) is 8.43. The van der Waals surface area contributed by atoms with Crippen molar-refractivity contribution in [2.24, 2.45) is 0 Å². The van der Waals surface area contributed by atoms with Crippen molar-refractivity contribution < 1.29 is 14.6 Å². The number of ether oxygens (including phenoxy) is 1. The third kappa shape index (κ3) is 1.59. The molecule has 1 aliphatic rings. The molecule has 0 spiro atoms. The third-order valence-corrected chi connectivity index (χ3v) is 2.70. The maximum absolute atomic E-state index is 11.3. The molecule has 1 saturated heterocycles. The quantitative estimate of drug-likeness (QED) is 0.767. The second-order valence-electron chi connectivity index (χ2n) is 3.68. The summed E-state index contributed by atoms with van der Waals surface area (Å²) in [6, 6.07) is 1.65. The summed E-state index contributed by atoms with van der Waals surface area (Å²) < 4.78 is 5.17. The fourth-order valence-corrected chi connectivity index (χ4v) is 1.77. The first-order chi connectivity index (χ1) is 7.15. The van der Waals surface area contributed by atoms with Crippen LogP contribution in [-0.4, -0.2) is 34.3 Å². The van der Waals surface area contributed by atoms with Crippen LogP contribution in [-0.2, 0) is 14.9 Å². The molecule has 15 heavy (non-hydrogen) atoms. The summed E-state index contributed by atoms with van der Waals surface area (Å²) in [5, 5.41) is 9.27. The maximum atomic E-state index is 11.3. The molecule has 1 unspecified atom stereocenters. The molecule has 1 aliphatic heterocycles. The number of hydrogen-bond donors (Lipinski definition) is 1. The van der Waals surface area contributed by atoms with Crippen molar-refractivity contribution in [2.45, 2.75) is 18.8 Å². The fourth-order valence-electron chi connectivity index (χ4n) is 1.77. The molecule has 0 saturated carbocycles. The minimum absolute atomic E-state index is 0.193. The van der Waals surface area contributed by atoms with Crippen molar-refractivity contribution in [3.05, 3.63) is 23.8 Å². The van der Waals surface area contributed by atoms with Crippen LogP contribution in [0.25, 0.3) is 0 Å². The van der Waals surface area contributed by atoms with Crippen LogP contribution in [0, 0.1) is 6.92 Å². The molecule has 5 nitrogen and oxygen atoms in total. The lowest BCUT2D eigenvalue weighted by Crippen LogP contribution is -2.37. The van der Waals surface area contributed by atoms with E-state index in [0.29, 0.717) is 24.5 Å². The van der Waals surface area contributed by atoms with Gasteiger partial charge in [0.25, 0.3) is 0 Å². The molecule has 0 radical (unpaired) electrons. The van der Waals surface area contributed by atoms with Gasteiger partial charge in [0.1, 0.15) is 11.2 Å². The average molecular weight is 208 g/mol. The van der Waals surface area contributed by atoms with Crippen molar-refractivity contribution in [3.63, 3.8) is 0 Å². The van der Waals surface area contributed by atoms with E-state index in [1.807, 2.05) is 0 Å². The van der Waals surface area contributed by atoms with Gasteiger partial charge in [-0.25, -0.2) is 9.97 Å². The van der Waals surface area contributed by atoms with Gasteiger partial charge in [0.05, 0.1) is 12.3 Å². The smallest absolute Gasteiger partial charge is 0.318 e. The number of rotatable bonds is 2. The van der Waals surface area contributed by atoms with Gasteiger partial charge in [-0.05, 0) is 19.4 Å². The minimum Gasteiger partial charge on any atom is -0.480 e. The Bertz CT molecular complexity index is 386. The average Bonchev–Trinajstić information content (AvgIpc) is 2.67. The number of aromatic nitrogens is 2. The number of carboxylic acid groups (broad SMARTS) is 1. The van der Waals surface area contributed by atoms with E-state index < -0.39 is 11.4 Å². The van der Waals surface area contributed by atoms with E-state index in [2.05, 4.69) is 9.97 Å². The van der Waals surface area contributed by atoms with Crippen LogP contribution in [0.1, 0.15) is 17.9 Å². The molecule has 0 aliphatic carbocycles.